The van der Waals surface area contributed by atoms with E-state index in [-0.39, 0.29) is 17.9 Å². The Morgan fingerprint density at radius 2 is 1.61 bits per heavy atom. The standard InChI is InChI=1S/C24H18ClFN4O2S/c25-18-11-5-4-10-17(18)23-28-29-24(30(23)20-13-7-6-12-19(20)26)33-15-22(32)27-21(31)14-16-8-2-1-3-9-16/h1-13H,14-15H2,(H,27,31,32). The van der Waals surface area contributed by atoms with Crippen LogP contribution in [-0.4, -0.2) is 32.3 Å². The Labute approximate surface area is 198 Å². The van der Waals surface area contributed by atoms with E-state index in [2.05, 4.69) is 15.5 Å². The third-order valence-corrected chi connectivity index (χ3v) is 5.92. The van der Waals surface area contributed by atoms with Gasteiger partial charge in [-0.15, -0.1) is 10.2 Å². The van der Waals surface area contributed by atoms with Crippen molar-refractivity contribution < 1.29 is 14.0 Å². The summed E-state index contributed by atoms with van der Waals surface area (Å²) in [6, 6.07) is 22.4. The highest BCUT2D eigenvalue weighted by atomic mass is 35.5. The maximum Gasteiger partial charge on any atom is 0.237 e. The van der Waals surface area contributed by atoms with Crippen molar-refractivity contribution in [3.8, 4) is 17.1 Å². The van der Waals surface area contributed by atoms with Gasteiger partial charge in [0, 0.05) is 5.56 Å². The van der Waals surface area contributed by atoms with Crippen molar-refractivity contribution in [1.29, 1.82) is 0 Å². The number of hydrogen-bond donors (Lipinski definition) is 1. The van der Waals surface area contributed by atoms with Crippen LogP contribution in [0.15, 0.2) is 84.0 Å². The predicted molar refractivity (Wildman–Crippen MR) is 126 cm³/mol. The van der Waals surface area contributed by atoms with Gasteiger partial charge in [-0.25, -0.2) is 4.39 Å². The van der Waals surface area contributed by atoms with Crippen molar-refractivity contribution in [3.63, 3.8) is 0 Å². The Morgan fingerprint density at radius 3 is 2.36 bits per heavy atom. The molecule has 4 rings (SSSR count). The number of para-hydroxylation sites is 1. The summed E-state index contributed by atoms with van der Waals surface area (Å²) in [5.74, 6) is -1.12. The molecule has 0 atom stereocenters. The molecule has 0 aliphatic carbocycles. The van der Waals surface area contributed by atoms with Crippen molar-refractivity contribution in [3.05, 3.63) is 95.3 Å². The zero-order valence-corrected chi connectivity index (χ0v) is 18.8. The van der Waals surface area contributed by atoms with E-state index in [1.54, 1.807) is 42.5 Å². The molecule has 33 heavy (non-hydrogen) atoms. The van der Waals surface area contributed by atoms with Crippen LogP contribution in [0.25, 0.3) is 17.1 Å². The van der Waals surface area contributed by atoms with E-state index in [1.807, 2.05) is 30.3 Å². The molecular formula is C24H18ClFN4O2S. The Bertz CT molecular complexity index is 1300. The summed E-state index contributed by atoms with van der Waals surface area (Å²) in [5.41, 5.74) is 1.60. The van der Waals surface area contributed by atoms with Crippen LogP contribution in [0.2, 0.25) is 5.02 Å². The molecule has 0 unspecified atom stereocenters. The first-order chi connectivity index (χ1) is 16.0. The molecule has 0 aliphatic heterocycles. The summed E-state index contributed by atoms with van der Waals surface area (Å²) < 4.78 is 16.2. The lowest BCUT2D eigenvalue weighted by Gasteiger charge is -2.12. The number of nitrogens with zero attached hydrogens (tertiary/aromatic N) is 3. The molecule has 0 spiro atoms. The minimum atomic E-state index is -0.483. The first-order valence-electron chi connectivity index (χ1n) is 9.97. The highest BCUT2D eigenvalue weighted by molar-refractivity contribution is 7.99. The maximum atomic E-state index is 14.7. The smallest absolute Gasteiger partial charge is 0.237 e. The number of benzene rings is 3. The average Bonchev–Trinajstić information content (AvgIpc) is 3.22. The van der Waals surface area contributed by atoms with Crippen molar-refractivity contribution >= 4 is 35.2 Å². The van der Waals surface area contributed by atoms with Crippen LogP contribution in [0.3, 0.4) is 0 Å². The van der Waals surface area contributed by atoms with Crippen LogP contribution >= 0.6 is 23.4 Å². The second-order valence-electron chi connectivity index (χ2n) is 7.00. The summed E-state index contributed by atoms with van der Waals surface area (Å²) in [6.45, 7) is 0. The minimum Gasteiger partial charge on any atom is -0.295 e. The Morgan fingerprint density at radius 1 is 0.909 bits per heavy atom. The van der Waals surface area contributed by atoms with Gasteiger partial charge in [0.1, 0.15) is 5.82 Å². The average molecular weight is 481 g/mol. The van der Waals surface area contributed by atoms with Crippen LogP contribution in [-0.2, 0) is 16.0 Å². The largest absolute Gasteiger partial charge is 0.295 e. The van der Waals surface area contributed by atoms with Gasteiger partial charge in [0.25, 0.3) is 0 Å². The fourth-order valence-electron chi connectivity index (χ4n) is 3.18. The molecule has 1 heterocycles. The van der Waals surface area contributed by atoms with Gasteiger partial charge in [0.05, 0.1) is 22.9 Å². The molecule has 0 bridgehead atoms. The second kappa shape index (κ2) is 10.4. The molecule has 4 aromatic rings. The van der Waals surface area contributed by atoms with Crippen molar-refractivity contribution in [2.45, 2.75) is 11.6 Å². The molecule has 0 aliphatic rings. The van der Waals surface area contributed by atoms with E-state index >= 15 is 0 Å². The third kappa shape index (κ3) is 5.47. The molecule has 0 saturated carbocycles. The van der Waals surface area contributed by atoms with E-state index in [0.29, 0.717) is 21.6 Å². The van der Waals surface area contributed by atoms with Crippen molar-refractivity contribution in [2.75, 3.05) is 5.75 Å². The van der Waals surface area contributed by atoms with Gasteiger partial charge in [0.15, 0.2) is 11.0 Å². The Balaban J connectivity index is 1.54. The van der Waals surface area contributed by atoms with Crippen LogP contribution in [0, 0.1) is 5.82 Å². The number of imide groups is 1. The lowest BCUT2D eigenvalue weighted by atomic mass is 10.1. The van der Waals surface area contributed by atoms with Crippen LogP contribution in [0.1, 0.15) is 5.56 Å². The van der Waals surface area contributed by atoms with Gasteiger partial charge in [-0.2, -0.15) is 0 Å². The topological polar surface area (TPSA) is 76.9 Å². The maximum absolute atomic E-state index is 14.7. The summed E-state index contributed by atoms with van der Waals surface area (Å²) in [7, 11) is 0. The molecule has 6 nitrogen and oxygen atoms in total. The number of hydrogen-bond acceptors (Lipinski definition) is 5. The monoisotopic (exact) mass is 480 g/mol. The Kier molecular flexibility index (Phi) is 7.16. The number of amides is 2. The van der Waals surface area contributed by atoms with E-state index in [4.69, 9.17) is 11.6 Å². The van der Waals surface area contributed by atoms with Crippen LogP contribution in [0.4, 0.5) is 4.39 Å². The number of nitrogens with one attached hydrogen (secondary N) is 1. The molecule has 1 aromatic heterocycles. The molecule has 9 heteroatoms. The van der Waals surface area contributed by atoms with E-state index in [9.17, 15) is 14.0 Å². The van der Waals surface area contributed by atoms with Gasteiger partial charge in [0.2, 0.25) is 11.8 Å². The number of carbonyl (C=O) groups excluding carboxylic acids is 2. The van der Waals surface area contributed by atoms with Crippen molar-refractivity contribution in [1.82, 2.24) is 20.1 Å². The summed E-state index contributed by atoms with van der Waals surface area (Å²) in [5, 5.41) is 11.4. The lowest BCUT2D eigenvalue weighted by molar-refractivity contribution is -0.128. The number of rotatable bonds is 7. The van der Waals surface area contributed by atoms with Crippen LogP contribution < -0.4 is 5.32 Å². The molecule has 1 N–H and O–H groups in total. The number of halogens is 2. The number of aromatic nitrogens is 3. The van der Waals surface area contributed by atoms with E-state index in [0.717, 1.165) is 17.3 Å². The fraction of sp³-hybridized carbons (Fsp3) is 0.0833. The number of carbonyl (C=O) groups is 2. The molecule has 0 radical (unpaired) electrons. The third-order valence-electron chi connectivity index (χ3n) is 4.66. The predicted octanol–water partition coefficient (Wildman–Crippen LogP) is 4.70. The normalized spacial score (nSPS) is 10.7. The quantitative estimate of drug-likeness (QED) is 0.388. The number of thioether (sulfide) groups is 1. The van der Waals surface area contributed by atoms with Gasteiger partial charge < -0.3 is 0 Å². The van der Waals surface area contributed by atoms with Gasteiger partial charge >= 0.3 is 0 Å². The van der Waals surface area contributed by atoms with Crippen molar-refractivity contribution in [2.24, 2.45) is 0 Å². The van der Waals surface area contributed by atoms with Gasteiger partial charge in [-0.05, 0) is 29.8 Å². The second-order valence-corrected chi connectivity index (χ2v) is 8.34. The fourth-order valence-corrected chi connectivity index (χ4v) is 4.14. The van der Waals surface area contributed by atoms with Gasteiger partial charge in [-0.1, -0.05) is 78.0 Å². The molecule has 3 aromatic carbocycles. The molecule has 2 amide bonds. The lowest BCUT2D eigenvalue weighted by Crippen LogP contribution is -2.33. The summed E-state index contributed by atoms with van der Waals surface area (Å²) in [6.07, 6.45) is 0.0965. The Hall–Kier alpha value is -3.49. The van der Waals surface area contributed by atoms with E-state index < -0.39 is 17.6 Å². The SMILES string of the molecule is O=C(CSc1nnc(-c2ccccc2Cl)n1-c1ccccc1F)NC(=O)Cc1ccccc1. The van der Waals surface area contributed by atoms with Gasteiger partial charge in [-0.3, -0.25) is 19.5 Å². The zero-order valence-electron chi connectivity index (χ0n) is 17.2. The first kappa shape index (κ1) is 22.7. The highest BCUT2D eigenvalue weighted by Gasteiger charge is 2.21. The van der Waals surface area contributed by atoms with E-state index in [1.165, 1.54) is 10.6 Å². The minimum absolute atomic E-state index is 0.0965. The molecule has 0 fully saturated rings. The molecular weight excluding hydrogens is 463 g/mol. The zero-order chi connectivity index (χ0) is 23.2. The molecule has 166 valence electrons. The first-order valence-corrected chi connectivity index (χ1v) is 11.3. The highest BCUT2D eigenvalue weighted by Crippen LogP contribution is 2.32. The van der Waals surface area contributed by atoms with Crippen LogP contribution in [0.5, 0.6) is 0 Å². The molecule has 0 saturated heterocycles. The summed E-state index contributed by atoms with van der Waals surface area (Å²) in [4.78, 5) is 24.5. The summed E-state index contributed by atoms with van der Waals surface area (Å²) >= 11 is 7.38.